The van der Waals surface area contributed by atoms with Gasteiger partial charge in [0.2, 0.25) is 0 Å². The van der Waals surface area contributed by atoms with Crippen LogP contribution in [0.5, 0.6) is 0 Å². The Morgan fingerprint density at radius 3 is 2.63 bits per heavy atom. The summed E-state index contributed by atoms with van der Waals surface area (Å²) in [5.41, 5.74) is 7.73. The predicted octanol–water partition coefficient (Wildman–Crippen LogP) is 6.49. The lowest BCUT2D eigenvalue weighted by atomic mass is 9.89. The Balaban J connectivity index is 1.42. The van der Waals surface area contributed by atoms with Crippen LogP contribution in [0.2, 0.25) is 0 Å². The Kier molecular flexibility index (Phi) is 6.41. The lowest BCUT2D eigenvalue weighted by Crippen LogP contribution is -2.17. The summed E-state index contributed by atoms with van der Waals surface area (Å²) in [5.74, 6) is -1.40. The lowest BCUT2D eigenvalue weighted by Gasteiger charge is -2.17. The number of rotatable bonds is 9. The molecule has 2 unspecified atom stereocenters. The van der Waals surface area contributed by atoms with Gasteiger partial charge >= 0.3 is 5.97 Å². The second-order valence-electron chi connectivity index (χ2n) is 8.65. The minimum absolute atomic E-state index is 0.263. The Morgan fingerprint density at radius 2 is 1.87 bits per heavy atom. The minimum atomic E-state index is -0.838. The quantitative estimate of drug-likeness (QED) is 0.487. The van der Waals surface area contributed by atoms with Crippen LogP contribution in [0.4, 0.5) is 0 Å². The highest BCUT2D eigenvalue weighted by Crippen LogP contribution is 2.42. The van der Waals surface area contributed by atoms with Crippen molar-refractivity contribution in [2.24, 2.45) is 11.1 Å². The summed E-state index contributed by atoms with van der Waals surface area (Å²) in [5, 5.41) is 13.0. The Morgan fingerprint density at radius 1 is 1.07 bits per heavy atom. The van der Waals surface area contributed by atoms with Gasteiger partial charge in [-0.25, -0.2) is 0 Å². The molecular weight excluding hydrogens is 374 g/mol. The van der Waals surface area contributed by atoms with E-state index in [0.29, 0.717) is 6.42 Å². The number of allylic oxidation sites excluding steroid dienone is 2. The van der Waals surface area contributed by atoms with Crippen LogP contribution in [-0.2, 0) is 17.6 Å². The maximum absolute atomic E-state index is 11.8. The van der Waals surface area contributed by atoms with E-state index in [1.54, 1.807) is 5.57 Å². The molecule has 4 rings (SSSR count). The predicted molar refractivity (Wildman–Crippen MR) is 119 cm³/mol. The van der Waals surface area contributed by atoms with Crippen molar-refractivity contribution in [3.8, 4) is 0 Å². The van der Waals surface area contributed by atoms with Gasteiger partial charge in [0.1, 0.15) is 6.04 Å². The fraction of sp³-hybridized carbons (Fsp3) is 0.423. The standard InChI is InChI=1S/C26H29NO3/c28-26(29)21(11-6-9-18-7-2-1-3-8-18)17-25(27-30)20-13-14-24-22(16-20)15-19-10-4-5-12-23(19)24/h1-3,7-8,13-14,16,21,25H,4-6,9-12,15,17H2,(H,28,29). The van der Waals surface area contributed by atoms with Gasteiger partial charge in [-0.3, -0.25) is 4.79 Å². The first kappa shape index (κ1) is 20.5. The van der Waals surface area contributed by atoms with Crippen molar-refractivity contribution >= 4 is 11.5 Å². The van der Waals surface area contributed by atoms with Crippen molar-refractivity contribution in [2.45, 2.75) is 63.8 Å². The molecule has 0 spiro atoms. The van der Waals surface area contributed by atoms with Gasteiger partial charge in [0.15, 0.2) is 0 Å². The normalized spacial score (nSPS) is 17.2. The number of nitrogens with zero attached hydrogens (tertiary/aromatic N) is 1. The molecule has 1 N–H and O–H groups in total. The van der Waals surface area contributed by atoms with Crippen LogP contribution in [0, 0.1) is 10.8 Å². The van der Waals surface area contributed by atoms with Crippen molar-refractivity contribution in [2.75, 3.05) is 0 Å². The van der Waals surface area contributed by atoms with E-state index in [2.05, 4.69) is 29.4 Å². The molecule has 2 aromatic carbocycles. The van der Waals surface area contributed by atoms with E-state index in [1.165, 1.54) is 41.5 Å². The van der Waals surface area contributed by atoms with Gasteiger partial charge in [0.25, 0.3) is 0 Å². The van der Waals surface area contributed by atoms with Gasteiger partial charge in [0, 0.05) is 0 Å². The van der Waals surface area contributed by atoms with Crippen molar-refractivity contribution in [1.82, 2.24) is 0 Å². The largest absolute Gasteiger partial charge is 0.481 e. The molecule has 156 valence electrons. The molecule has 0 fully saturated rings. The van der Waals surface area contributed by atoms with Crippen molar-refractivity contribution < 1.29 is 9.90 Å². The number of hydrogen-bond acceptors (Lipinski definition) is 3. The fourth-order valence-corrected chi connectivity index (χ4v) is 5.03. The molecule has 0 amide bonds. The van der Waals surface area contributed by atoms with Crippen LogP contribution in [0.25, 0.3) is 5.57 Å². The Hall–Kier alpha value is -2.75. The number of nitroso groups, excluding NO2 is 1. The van der Waals surface area contributed by atoms with Gasteiger partial charge in [0.05, 0.1) is 5.92 Å². The van der Waals surface area contributed by atoms with E-state index in [0.717, 1.165) is 31.2 Å². The highest BCUT2D eigenvalue weighted by atomic mass is 16.4. The first-order valence-electron chi connectivity index (χ1n) is 11.1. The smallest absolute Gasteiger partial charge is 0.306 e. The molecule has 30 heavy (non-hydrogen) atoms. The Labute approximate surface area is 178 Å². The van der Waals surface area contributed by atoms with Gasteiger partial charge in [-0.15, -0.1) is 0 Å². The van der Waals surface area contributed by atoms with Crippen molar-refractivity contribution in [1.29, 1.82) is 0 Å². The van der Waals surface area contributed by atoms with Crippen LogP contribution in [-0.4, -0.2) is 11.1 Å². The summed E-state index contributed by atoms with van der Waals surface area (Å²) in [6.07, 6.45) is 8.27. The molecule has 0 radical (unpaired) electrons. The molecular formula is C26H29NO3. The molecule has 2 aliphatic rings. The summed E-state index contributed by atoms with van der Waals surface area (Å²) in [7, 11) is 0. The average molecular weight is 404 g/mol. The minimum Gasteiger partial charge on any atom is -0.481 e. The molecule has 0 heterocycles. The SMILES string of the molecule is O=NC(CC(CCCc1ccccc1)C(=O)O)c1ccc2c(c1)CC1=C2CCCC1. The summed E-state index contributed by atoms with van der Waals surface area (Å²) in [4.78, 5) is 23.5. The summed E-state index contributed by atoms with van der Waals surface area (Å²) in [6.45, 7) is 0. The Bertz CT molecular complexity index is 948. The van der Waals surface area contributed by atoms with Crippen LogP contribution in [0.1, 0.15) is 73.2 Å². The van der Waals surface area contributed by atoms with Crippen molar-refractivity contribution in [3.05, 3.63) is 81.3 Å². The molecule has 2 aliphatic carbocycles. The van der Waals surface area contributed by atoms with Gasteiger partial charge < -0.3 is 5.11 Å². The third-order valence-corrected chi connectivity index (χ3v) is 6.67. The fourth-order valence-electron chi connectivity index (χ4n) is 5.03. The van der Waals surface area contributed by atoms with Crippen LogP contribution in [0.3, 0.4) is 0 Å². The molecule has 0 saturated carbocycles. The van der Waals surface area contributed by atoms with Crippen LogP contribution < -0.4 is 0 Å². The number of aryl methyl sites for hydroxylation is 1. The number of carboxylic acids is 1. The highest BCUT2D eigenvalue weighted by molar-refractivity contribution is 5.77. The molecule has 0 saturated heterocycles. The maximum atomic E-state index is 11.8. The van der Waals surface area contributed by atoms with Crippen LogP contribution >= 0.6 is 0 Å². The molecule has 0 bridgehead atoms. The van der Waals surface area contributed by atoms with E-state index in [4.69, 9.17) is 0 Å². The number of hydrogen-bond donors (Lipinski definition) is 1. The molecule has 4 heteroatoms. The van der Waals surface area contributed by atoms with Crippen LogP contribution in [0.15, 0.2) is 59.3 Å². The number of benzene rings is 2. The molecule has 2 aromatic rings. The number of carbonyl (C=O) groups is 1. The molecule has 4 nitrogen and oxygen atoms in total. The third kappa shape index (κ3) is 4.53. The van der Waals surface area contributed by atoms with Gasteiger partial charge in [-0.1, -0.05) is 59.3 Å². The van der Waals surface area contributed by atoms with Crippen molar-refractivity contribution in [3.63, 3.8) is 0 Å². The number of carboxylic acid groups (broad SMARTS) is 1. The van der Waals surface area contributed by atoms with E-state index in [9.17, 15) is 14.8 Å². The van der Waals surface area contributed by atoms with Gasteiger partial charge in [-0.05, 0) is 85.6 Å². The summed E-state index contributed by atoms with van der Waals surface area (Å²) >= 11 is 0. The van der Waals surface area contributed by atoms with E-state index in [-0.39, 0.29) is 6.42 Å². The van der Waals surface area contributed by atoms with E-state index < -0.39 is 17.9 Å². The zero-order chi connectivity index (χ0) is 20.9. The summed E-state index contributed by atoms with van der Waals surface area (Å²) < 4.78 is 0. The molecule has 0 aromatic heterocycles. The average Bonchev–Trinajstić information content (AvgIpc) is 3.14. The molecule has 2 atom stereocenters. The first-order valence-corrected chi connectivity index (χ1v) is 11.1. The lowest BCUT2D eigenvalue weighted by molar-refractivity contribution is -0.142. The maximum Gasteiger partial charge on any atom is 0.306 e. The van der Waals surface area contributed by atoms with Gasteiger partial charge in [-0.2, -0.15) is 4.91 Å². The first-order chi connectivity index (χ1) is 14.7. The number of fused-ring (bicyclic) bond motifs is 2. The molecule has 0 aliphatic heterocycles. The highest BCUT2D eigenvalue weighted by Gasteiger charge is 2.27. The number of aliphatic carboxylic acids is 1. The summed E-state index contributed by atoms with van der Waals surface area (Å²) in [6, 6.07) is 15.7. The third-order valence-electron chi connectivity index (χ3n) is 6.67. The van der Waals surface area contributed by atoms with E-state index in [1.807, 2.05) is 24.3 Å². The second-order valence-corrected chi connectivity index (χ2v) is 8.65. The monoisotopic (exact) mass is 403 g/mol. The zero-order valence-corrected chi connectivity index (χ0v) is 17.3. The topological polar surface area (TPSA) is 66.7 Å². The second kappa shape index (κ2) is 9.38. The zero-order valence-electron chi connectivity index (χ0n) is 17.3. The van der Waals surface area contributed by atoms with E-state index >= 15 is 0 Å².